The van der Waals surface area contributed by atoms with Crippen LogP contribution >= 0.6 is 36.0 Å². The van der Waals surface area contributed by atoms with Crippen molar-refractivity contribution in [3.8, 4) is 0 Å². The predicted octanol–water partition coefficient (Wildman–Crippen LogP) is 3.34. The van der Waals surface area contributed by atoms with Crippen molar-refractivity contribution in [3.63, 3.8) is 0 Å². The number of alkyl halides is 1. The van der Waals surface area contributed by atoms with E-state index in [0.29, 0.717) is 11.6 Å². The van der Waals surface area contributed by atoms with E-state index in [2.05, 4.69) is 19.6 Å². The predicted molar refractivity (Wildman–Crippen MR) is 71.1 cm³/mol. The highest BCUT2D eigenvalue weighted by atomic mass is 35.5. The molecule has 15 heavy (non-hydrogen) atoms. The van der Waals surface area contributed by atoms with Crippen LogP contribution in [-0.4, -0.2) is 28.3 Å². The molecule has 0 amide bonds. The summed E-state index contributed by atoms with van der Waals surface area (Å²) < 4.78 is 5.34. The summed E-state index contributed by atoms with van der Waals surface area (Å²) in [6.07, 6.45) is 2.53. The molecule has 5 heteroatoms. The third kappa shape index (κ3) is 7.36. The molecule has 0 saturated heterocycles. The first kappa shape index (κ1) is 15.5. The minimum atomic E-state index is -0.512. The van der Waals surface area contributed by atoms with Crippen molar-refractivity contribution in [2.45, 2.75) is 38.0 Å². The molecule has 0 rings (SSSR count). The van der Waals surface area contributed by atoms with E-state index in [1.165, 1.54) is 0 Å². The van der Waals surface area contributed by atoms with Gasteiger partial charge in [0.2, 0.25) is 0 Å². The molecular formula is C10H19ClO2S2. The topological polar surface area (TPSA) is 26.3 Å². The summed E-state index contributed by atoms with van der Waals surface area (Å²) in [5.74, 6) is 1.57. The van der Waals surface area contributed by atoms with Gasteiger partial charge < -0.3 is 4.74 Å². The van der Waals surface area contributed by atoms with Gasteiger partial charge in [0.25, 0.3) is 0 Å². The van der Waals surface area contributed by atoms with E-state index in [1.54, 1.807) is 11.8 Å². The quantitative estimate of drug-likeness (QED) is 0.241. The fourth-order valence-corrected chi connectivity index (χ4v) is 2.51. The Morgan fingerprint density at radius 1 is 1.60 bits per heavy atom. The second-order valence-corrected chi connectivity index (χ2v) is 5.66. The summed E-state index contributed by atoms with van der Waals surface area (Å²) in [5.41, 5.74) is 0. The molecule has 0 N–H and O–H groups in total. The lowest BCUT2D eigenvalue weighted by Crippen LogP contribution is -2.30. The van der Waals surface area contributed by atoms with Gasteiger partial charge in [0, 0.05) is 11.6 Å². The Morgan fingerprint density at radius 2 is 2.27 bits per heavy atom. The molecular weight excluding hydrogens is 252 g/mol. The minimum Gasteiger partial charge on any atom is -0.447 e. The molecule has 0 aliphatic rings. The Labute approximate surface area is 107 Å². The van der Waals surface area contributed by atoms with Gasteiger partial charge in [-0.25, -0.2) is 0 Å². The molecule has 0 radical (unpaired) electrons. The molecule has 0 fully saturated rings. The number of unbranched alkanes of at least 4 members (excludes halogenated alkanes) is 1. The lowest BCUT2D eigenvalue weighted by atomic mass is 10.4. The summed E-state index contributed by atoms with van der Waals surface area (Å²) in [5, 5.41) is 0. The largest absolute Gasteiger partial charge is 0.447 e. The molecule has 0 aromatic rings. The van der Waals surface area contributed by atoms with Crippen molar-refractivity contribution in [2.24, 2.45) is 0 Å². The number of hydrogen-bond donors (Lipinski definition) is 1. The molecule has 0 aliphatic heterocycles. The van der Waals surface area contributed by atoms with E-state index in [1.807, 2.05) is 6.92 Å². The molecule has 0 saturated carbocycles. The van der Waals surface area contributed by atoms with Crippen molar-refractivity contribution in [3.05, 3.63) is 0 Å². The number of hydrogen-bond acceptors (Lipinski definition) is 4. The smallest absolute Gasteiger partial charge is 0.308 e. The van der Waals surface area contributed by atoms with Crippen LogP contribution < -0.4 is 0 Å². The SMILES string of the molecule is CCCCSC(C)(CS)OC(=O)CCCl. The third-order valence-corrected chi connectivity index (χ3v) is 4.16. The van der Waals surface area contributed by atoms with Gasteiger partial charge in [-0.05, 0) is 19.1 Å². The fourth-order valence-electron chi connectivity index (χ4n) is 0.909. The molecule has 0 aromatic heterocycles. The lowest BCUT2D eigenvalue weighted by Gasteiger charge is -2.27. The van der Waals surface area contributed by atoms with Gasteiger partial charge in [0.1, 0.15) is 0 Å². The highest BCUT2D eigenvalue weighted by molar-refractivity contribution is 8.01. The molecule has 1 atom stereocenters. The maximum atomic E-state index is 11.3. The summed E-state index contributed by atoms with van der Waals surface area (Å²) in [6, 6.07) is 0. The first-order valence-corrected chi connectivity index (χ1v) is 7.26. The van der Waals surface area contributed by atoms with Crippen LogP contribution in [0.5, 0.6) is 0 Å². The highest BCUT2D eigenvalue weighted by Crippen LogP contribution is 2.29. The molecule has 0 spiro atoms. The van der Waals surface area contributed by atoms with Gasteiger partial charge in [-0.15, -0.1) is 23.4 Å². The van der Waals surface area contributed by atoms with Gasteiger partial charge in [-0.1, -0.05) is 13.3 Å². The van der Waals surface area contributed by atoms with E-state index in [0.717, 1.165) is 18.6 Å². The second kappa shape index (κ2) is 8.59. The zero-order valence-corrected chi connectivity index (χ0v) is 11.8. The zero-order valence-electron chi connectivity index (χ0n) is 9.29. The number of rotatable bonds is 8. The minimum absolute atomic E-state index is 0.245. The maximum absolute atomic E-state index is 11.3. The van der Waals surface area contributed by atoms with Crippen molar-refractivity contribution in [1.82, 2.24) is 0 Å². The number of ether oxygens (including phenoxy) is 1. The molecule has 90 valence electrons. The molecule has 2 nitrogen and oxygen atoms in total. The summed E-state index contributed by atoms with van der Waals surface area (Å²) >= 11 is 11.3. The Hall–Kier alpha value is 0.460. The maximum Gasteiger partial charge on any atom is 0.308 e. The van der Waals surface area contributed by atoms with Crippen LogP contribution in [0.2, 0.25) is 0 Å². The van der Waals surface area contributed by atoms with E-state index in [4.69, 9.17) is 16.3 Å². The van der Waals surface area contributed by atoms with E-state index in [-0.39, 0.29) is 12.4 Å². The Bertz CT molecular complexity index is 190. The summed E-state index contributed by atoms with van der Waals surface area (Å²) in [6.45, 7) is 4.03. The first-order valence-electron chi connectivity index (χ1n) is 5.10. The molecule has 0 aliphatic carbocycles. The monoisotopic (exact) mass is 270 g/mol. The molecule has 0 heterocycles. The van der Waals surface area contributed by atoms with Gasteiger partial charge in [0.15, 0.2) is 4.93 Å². The first-order chi connectivity index (χ1) is 7.08. The molecule has 0 bridgehead atoms. The van der Waals surface area contributed by atoms with E-state index >= 15 is 0 Å². The van der Waals surface area contributed by atoms with Gasteiger partial charge in [-0.3, -0.25) is 4.79 Å². The van der Waals surface area contributed by atoms with Gasteiger partial charge in [0.05, 0.1) is 6.42 Å². The number of thiol groups is 1. The Morgan fingerprint density at radius 3 is 2.73 bits per heavy atom. The highest BCUT2D eigenvalue weighted by Gasteiger charge is 2.27. The second-order valence-electron chi connectivity index (χ2n) is 3.41. The average molecular weight is 271 g/mol. The molecule has 1 unspecified atom stereocenters. The van der Waals surface area contributed by atoms with Crippen LogP contribution in [-0.2, 0) is 9.53 Å². The van der Waals surface area contributed by atoms with Crippen LogP contribution in [0.3, 0.4) is 0 Å². The standard InChI is InChI=1S/C10H19ClO2S2/c1-3-4-7-15-10(2,8-14)13-9(12)5-6-11/h14H,3-8H2,1-2H3. The normalized spacial score (nSPS) is 14.7. The van der Waals surface area contributed by atoms with Crippen LogP contribution in [0.25, 0.3) is 0 Å². The number of thioether (sulfide) groups is 1. The fraction of sp³-hybridized carbons (Fsp3) is 0.900. The third-order valence-electron chi connectivity index (χ3n) is 1.82. The van der Waals surface area contributed by atoms with Crippen LogP contribution in [0, 0.1) is 0 Å². The number of carbonyl (C=O) groups excluding carboxylic acids is 1. The van der Waals surface area contributed by atoms with Crippen molar-refractivity contribution in [2.75, 3.05) is 17.4 Å². The number of halogens is 1. The van der Waals surface area contributed by atoms with Crippen molar-refractivity contribution < 1.29 is 9.53 Å². The van der Waals surface area contributed by atoms with Crippen molar-refractivity contribution in [1.29, 1.82) is 0 Å². The van der Waals surface area contributed by atoms with Gasteiger partial charge >= 0.3 is 5.97 Å². The Kier molecular flexibility index (Phi) is 8.86. The lowest BCUT2D eigenvalue weighted by molar-refractivity contribution is -0.148. The van der Waals surface area contributed by atoms with Crippen LogP contribution in [0.4, 0.5) is 0 Å². The van der Waals surface area contributed by atoms with Crippen LogP contribution in [0.15, 0.2) is 0 Å². The van der Waals surface area contributed by atoms with Gasteiger partial charge in [-0.2, -0.15) is 12.6 Å². The average Bonchev–Trinajstić information content (AvgIpc) is 2.18. The zero-order chi connectivity index (χ0) is 11.7. The summed E-state index contributed by atoms with van der Waals surface area (Å²) in [4.78, 5) is 10.8. The van der Waals surface area contributed by atoms with Crippen molar-refractivity contribution >= 4 is 42.0 Å². The molecule has 0 aromatic carbocycles. The van der Waals surface area contributed by atoms with E-state index in [9.17, 15) is 4.79 Å². The van der Waals surface area contributed by atoms with E-state index < -0.39 is 4.93 Å². The summed E-state index contributed by atoms with van der Waals surface area (Å²) in [7, 11) is 0. The number of carbonyl (C=O) groups is 1. The Balaban J connectivity index is 3.99. The number of esters is 1. The van der Waals surface area contributed by atoms with Crippen LogP contribution in [0.1, 0.15) is 33.1 Å².